The summed E-state index contributed by atoms with van der Waals surface area (Å²) >= 11 is 0. The summed E-state index contributed by atoms with van der Waals surface area (Å²) in [6.45, 7) is 3.69. The summed E-state index contributed by atoms with van der Waals surface area (Å²) in [7, 11) is 7.17. The topological polar surface area (TPSA) is 50.8 Å². The minimum Gasteiger partial charge on any atom is -0.493 e. The number of rotatable bonds is 7. The normalized spacial score (nSPS) is 12.1. The van der Waals surface area contributed by atoms with Crippen molar-refractivity contribution in [3.63, 3.8) is 0 Å². The van der Waals surface area contributed by atoms with Gasteiger partial charge in [-0.05, 0) is 38.2 Å². The molecule has 0 fully saturated rings. The molecule has 1 rings (SSSR count). The minimum atomic E-state index is -0.100. The summed E-state index contributed by atoms with van der Waals surface area (Å²) in [5.74, 6) is 1.47. The molecule has 0 radical (unpaired) electrons. The van der Waals surface area contributed by atoms with Crippen LogP contribution in [0.25, 0.3) is 0 Å². The van der Waals surface area contributed by atoms with Crippen molar-refractivity contribution in [3.8, 4) is 11.5 Å². The molecule has 0 unspecified atom stereocenters. The molecular weight excluding hydrogens is 256 g/mol. The number of carbonyl (C=O) groups is 1. The number of ether oxygens (including phenoxy) is 2. The standard InChI is InChI=1S/C15H24N2O3/c1-11(10-17(2)3)9-16-15(18)12-6-7-13(19-4)14(8-12)20-5/h6-8,11H,9-10H2,1-5H3,(H,16,18)/t11-/m0/s1. The maximum absolute atomic E-state index is 12.1. The Morgan fingerprint density at radius 3 is 2.45 bits per heavy atom. The Morgan fingerprint density at radius 2 is 1.90 bits per heavy atom. The Labute approximate surface area is 120 Å². The third-order valence-electron chi connectivity index (χ3n) is 2.93. The second-order valence-electron chi connectivity index (χ2n) is 5.15. The van der Waals surface area contributed by atoms with E-state index >= 15 is 0 Å². The van der Waals surface area contributed by atoms with Gasteiger partial charge in [-0.25, -0.2) is 0 Å². The van der Waals surface area contributed by atoms with Crippen LogP contribution in [0.4, 0.5) is 0 Å². The van der Waals surface area contributed by atoms with Gasteiger partial charge in [-0.1, -0.05) is 6.92 Å². The van der Waals surface area contributed by atoms with Gasteiger partial charge in [-0.15, -0.1) is 0 Å². The van der Waals surface area contributed by atoms with Gasteiger partial charge in [-0.2, -0.15) is 0 Å². The molecule has 1 N–H and O–H groups in total. The van der Waals surface area contributed by atoms with Crippen LogP contribution in [0.3, 0.4) is 0 Å². The first-order valence-corrected chi connectivity index (χ1v) is 6.62. The second-order valence-corrected chi connectivity index (χ2v) is 5.15. The molecule has 1 amide bonds. The lowest BCUT2D eigenvalue weighted by Gasteiger charge is -2.17. The van der Waals surface area contributed by atoms with Crippen LogP contribution in [0.1, 0.15) is 17.3 Å². The molecule has 112 valence electrons. The van der Waals surface area contributed by atoms with Crippen molar-refractivity contribution in [2.24, 2.45) is 5.92 Å². The first kappa shape index (κ1) is 16.3. The fraction of sp³-hybridized carbons (Fsp3) is 0.533. The fourth-order valence-corrected chi connectivity index (χ4v) is 2.03. The third kappa shape index (κ3) is 4.74. The SMILES string of the molecule is COc1ccc(C(=O)NC[C@H](C)CN(C)C)cc1OC. The average Bonchev–Trinajstić information content (AvgIpc) is 2.43. The zero-order valence-corrected chi connectivity index (χ0v) is 12.9. The summed E-state index contributed by atoms with van der Waals surface area (Å²) in [4.78, 5) is 14.2. The average molecular weight is 280 g/mol. The molecule has 5 heteroatoms. The molecule has 1 atom stereocenters. The molecule has 0 saturated heterocycles. The van der Waals surface area contributed by atoms with Crippen LogP contribution in [-0.4, -0.2) is 52.2 Å². The molecule has 5 nitrogen and oxygen atoms in total. The van der Waals surface area contributed by atoms with E-state index < -0.39 is 0 Å². The number of benzene rings is 1. The van der Waals surface area contributed by atoms with Crippen LogP contribution in [0.5, 0.6) is 11.5 Å². The van der Waals surface area contributed by atoms with Gasteiger partial charge in [0.05, 0.1) is 14.2 Å². The van der Waals surface area contributed by atoms with E-state index in [9.17, 15) is 4.79 Å². The van der Waals surface area contributed by atoms with Crippen molar-refractivity contribution in [2.75, 3.05) is 41.4 Å². The first-order chi connectivity index (χ1) is 9.47. The highest BCUT2D eigenvalue weighted by Crippen LogP contribution is 2.27. The van der Waals surface area contributed by atoms with Crippen molar-refractivity contribution in [1.82, 2.24) is 10.2 Å². The summed E-state index contributed by atoms with van der Waals surface area (Å²) in [5.41, 5.74) is 0.569. The van der Waals surface area contributed by atoms with Gasteiger partial charge in [0.15, 0.2) is 11.5 Å². The van der Waals surface area contributed by atoms with Gasteiger partial charge >= 0.3 is 0 Å². The van der Waals surface area contributed by atoms with Crippen LogP contribution >= 0.6 is 0 Å². The zero-order chi connectivity index (χ0) is 15.1. The van der Waals surface area contributed by atoms with Crippen LogP contribution in [-0.2, 0) is 0 Å². The number of nitrogens with zero attached hydrogens (tertiary/aromatic N) is 1. The quantitative estimate of drug-likeness (QED) is 0.825. The third-order valence-corrected chi connectivity index (χ3v) is 2.93. The predicted molar refractivity (Wildman–Crippen MR) is 79.6 cm³/mol. The summed E-state index contributed by atoms with van der Waals surface area (Å²) in [5, 5.41) is 2.93. The van der Waals surface area contributed by atoms with E-state index in [0.717, 1.165) is 6.54 Å². The monoisotopic (exact) mass is 280 g/mol. The van der Waals surface area contributed by atoms with Gasteiger partial charge in [0, 0.05) is 18.7 Å². The van der Waals surface area contributed by atoms with Gasteiger partial charge in [0.25, 0.3) is 5.91 Å². The number of carbonyl (C=O) groups excluding carboxylic acids is 1. The van der Waals surface area contributed by atoms with Crippen molar-refractivity contribution in [1.29, 1.82) is 0 Å². The largest absolute Gasteiger partial charge is 0.493 e. The highest BCUT2D eigenvalue weighted by atomic mass is 16.5. The Kier molecular flexibility index (Phi) is 6.31. The zero-order valence-electron chi connectivity index (χ0n) is 12.9. The highest BCUT2D eigenvalue weighted by molar-refractivity contribution is 5.94. The molecule has 0 aliphatic heterocycles. The smallest absolute Gasteiger partial charge is 0.251 e. The second kappa shape index (κ2) is 7.75. The lowest BCUT2D eigenvalue weighted by Crippen LogP contribution is -2.32. The van der Waals surface area contributed by atoms with Crippen molar-refractivity contribution >= 4 is 5.91 Å². The van der Waals surface area contributed by atoms with Crippen molar-refractivity contribution in [3.05, 3.63) is 23.8 Å². The van der Waals surface area contributed by atoms with Gasteiger partial charge < -0.3 is 19.7 Å². The minimum absolute atomic E-state index is 0.100. The van der Waals surface area contributed by atoms with E-state index in [2.05, 4.69) is 17.1 Å². The molecule has 0 bridgehead atoms. The molecule has 0 aliphatic rings. The first-order valence-electron chi connectivity index (χ1n) is 6.62. The number of nitrogens with one attached hydrogen (secondary N) is 1. The summed E-state index contributed by atoms with van der Waals surface area (Å²) < 4.78 is 10.3. The Hall–Kier alpha value is -1.75. The number of amides is 1. The Morgan fingerprint density at radius 1 is 1.25 bits per heavy atom. The molecule has 0 spiro atoms. The van der Waals surface area contributed by atoms with Crippen LogP contribution in [0.15, 0.2) is 18.2 Å². The lowest BCUT2D eigenvalue weighted by atomic mass is 10.1. The summed E-state index contributed by atoms with van der Waals surface area (Å²) in [6.07, 6.45) is 0. The molecule has 1 aromatic carbocycles. The van der Waals surface area contributed by atoms with Gasteiger partial charge in [-0.3, -0.25) is 4.79 Å². The molecule has 0 saturated carbocycles. The van der Waals surface area contributed by atoms with E-state index in [1.54, 1.807) is 32.4 Å². The number of hydrogen-bond acceptors (Lipinski definition) is 4. The lowest BCUT2D eigenvalue weighted by molar-refractivity contribution is 0.0945. The fourth-order valence-electron chi connectivity index (χ4n) is 2.03. The van der Waals surface area contributed by atoms with Crippen molar-refractivity contribution in [2.45, 2.75) is 6.92 Å². The van der Waals surface area contributed by atoms with Crippen LogP contribution in [0.2, 0.25) is 0 Å². The van der Waals surface area contributed by atoms with E-state index in [0.29, 0.717) is 29.5 Å². The van der Waals surface area contributed by atoms with Crippen LogP contribution in [0, 0.1) is 5.92 Å². The maximum atomic E-state index is 12.1. The van der Waals surface area contributed by atoms with E-state index in [-0.39, 0.29) is 5.91 Å². The van der Waals surface area contributed by atoms with E-state index in [1.807, 2.05) is 14.1 Å². The highest BCUT2D eigenvalue weighted by Gasteiger charge is 2.12. The molecule has 0 aromatic heterocycles. The van der Waals surface area contributed by atoms with Crippen molar-refractivity contribution < 1.29 is 14.3 Å². The summed E-state index contributed by atoms with van der Waals surface area (Å²) in [6, 6.07) is 5.15. The van der Waals surface area contributed by atoms with Gasteiger partial charge in [0.2, 0.25) is 0 Å². The molecule has 0 heterocycles. The van der Waals surface area contributed by atoms with E-state index in [1.165, 1.54) is 0 Å². The van der Waals surface area contributed by atoms with Crippen LogP contribution < -0.4 is 14.8 Å². The molecule has 0 aliphatic carbocycles. The molecular formula is C15H24N2O3. The Balaban J connectivity index is 2.64. The number of hydrogen-bond donors (Lipinski definition) is 1. The maximum Gasteiger partial charge on any atom is 0.251 e. The Bertz CT molecular complexity index is 447. The molecule has 20 heavy (non-hydrogen) atoms. The predicted octanol–water partition coefficient (Wildman–Crippen LogP) is 1.63. The number of methoxy groups -OCH3 is 2. The van der Waals surface area contributed by atoms with Gasteiger partial charge in [0.1, 0.15) is 0 Å². The van der Waals surface area contributed by atoms with E-state index in [4.69, 9.17) is 9.47 Å². The molecule has 1 aromatic rings.